The molecule has 1 saturated heterocycles. The third-order valence-corrected chi connectivity index (χ3v) is 3.75. The molecule has 0 unspecified atom stereocenters. The molecule has 3 rings (SSSR count). The summed E-state index contributed by atoms with van der Waals surface area (Å²) in [6.45, 7) is 3.63. The van der Waals surface area contributed by atoms with E-state index in [0.717, 1.165) is 37.7 Å². The average molecular weight is 385 g/mol. The standard InChI is InChI=1S/C17H20N4O2.2ClH/c18-15-3-1-2-14(10-15)17(22)20-12-13-4-5-16(19-11-13)21-6-8-23-9-7-21;;/h1-5,10-11H,6-9,12,18H2,(H,20,22);2*1H. The number of nitrogens with zero attached hydrogens (tertiary/aromatic N) is 2. The van der Waals surface area contributed by atoms with E-state index in [4.69, 9.17) is 10.5 Å². The Kier molecular flexibility index (Phi) is 8.48. The fourth-order valence-electron chi connectivity index (χ4n) is 2.47. The predicted molar refractivity (Wildman–Crippen MR) is 104 cm³/mol. The maximum Gasteiger partial charge on any atom is 0.251 e. The molecular weight excluding hydrogens is 363 g/mol. The normalized spacial score (nSPS) is 13.4. The van der Waals surface area contributed by atoms with E-state index >= 15 is 0 Å². The SMILES string of the molecule is Cl.Cl.Nc1cccc(C(=O)NCc2ccc(N3CCOCC3)nc2)c1. The van der Waals surface area contributed by atoms with E-state index in [2.05, 4.69) is 15.2 Å². The fourth-order valence-corrected chi connectivity index (χ4v) is 2.47. The number of anilines is 2. The molecule has 2 aromatic rings. The topological polar surface area (TPSA) is 80.5 Å². The van der Waals surface area contributed by atoms with Gasteiger partial charge in [-0.25, -0.2) is 4.98 Å². The van der Waals surface area contributed by atoms with Gasteiger partial charge in [0.1, 0.15) is 5.82 Å². The van der Waals surface area contributed by atoms with E-state index in [9.17, 15) is 4.79 Å². The van der Waals surface area contributed by atoms with E-state index < -0.39 is 0 Å². The smallest absolute Gasteiger partial charge is 0.251 e. The summed E-state index contributed by atoms with van der Waals surface area (Å²) in [4.78, 5) is 18.7. The fraction of sp³-hybridized carbons (Fsp3) is 0.294. The number of morpholine rings is 1. The zero-order valence-electron chi connectivity index (χ0n) is 13.7. The first-order chi connectivity index (χ1) is 11.2. The summed E-state index contributed by atoms with van der Waals surface area (Å²) in [5.41, 5.74) is 7.78. The van der Waals surface area contributed by atoms with Crippen LogP contribution in [0.25, 0.3) is 0 Å². The van der Waals surface area contributed by atoms with Crippen molar-refractivity contribution in [2.45, 2.75) is 6.54 Å². The highest BCUT2D eigenvalue weighted by Crippen LogP contribution is 2.13. The monoisotopic (exact) mass is 384 g/mol. The van der Waals surface area contributed by atoms with Gasteiger partial charge in [-0.3, -0.25) is 4.79 Å². The Labute approximate surface area is 159 Å². The third kappa shape index (κ3) is 5.77. The van der Waals surface area contributed by atoms with Crippen molar-refractivity contribution in [2.24, 2.45) is 0 Å². The lowest BCUT2D eigenvalue weighted by Gasteiger charge is -2.27. The van der Waals surface area contributed by atoms with Gasteiger partial charge < -0.3 is 20.7 Å². The number of carbonyl (C=O) groups is 1. The molecule has 1 aliphatic heterocycles. The van der Waals surface area contributed by atoms with Gasteiger partial charge >= 0.3 is 0 Å². The molecule has 8 heteroatoms. The van der Waals surface area contributed by atoms with Crippen molar-refractivity contribution >= 4 is 42.2 Å². The number of pyridine rings is 1. The lowest BCUT2D eigenvalue weighted by Crippen LogP contribution is -2.36. The molecule has 2 heterocycles. The number of hydrogen-bond donors (Lipinski definition) is 2. The molecule has 1 fully saturated rings. The highest BCUT2D eigenvalue weighted by atomic mass is 35.5. The van der Waals surface area contributed by atoms with Crippen molar-refractivity contribution in [2.75, 3.05) is 36.9 Å². The van der Waals surface area contributed by atoms with E-state index in [-0.39, 0.29) is 30.7 Å². The summed E-state index contributed by atoms with van der Waals surface area (Å²) in [7, 11) is 0. The average Bonchev–Trinajstić information content (AvgIpc) is 2.61. The molecule has 136 valence electrons. The largest absolute Gasteiger partial charge is 0.399 e. The Balaban J connectivity index is 0.00000156. The molecular formula is C17H22Cl2N4O2. The van der Waals surface area contributed by atoms with Gasteiger partial charge in [-0.05, 0) is 29.8 Å². The Hall–Kier alpha value is -2.02. The van der Waals surface area contributed by atoms with Crippen molar-refractivity contribution in [1.29, 1.82) is 0 Å². The summed E-state index contributed by atoms with van der Waals surface area (Å²) < 4.78 is 5.33. The molecule has 0 radical (unpaired) electrons. The molecule has 1 aliphatic rings. The second kappa shape index (κ2) is 10.1. The number of halogens is 2. The number of carbonyl (C=O) groups excluding carboxylic acids is 1. The van der Waals surface area contributed by atoms with Crippen LogP contribution in [-0.2, 0) is 11.3 Å². The van der Waals surface area contributed by atoms with Crippen LogP contribution in [-0.4, -0.2) is 37.2 Å². The van der Waals surface area contributed by atoms with Gasteiger partial charge in [-0.1, -0.05) is 12.1 Å². The Morgan fingerprint density at radius 2 is 1.96 bits per heavy atom. The zero-order valence-corrected chi connectivity index (χ0v) is 15.3. The number of rotatable bonds is 4. The molecule has 6 nitrogen and oxygen atoms in total. The van der Waals surface area contributed by atoms with Crippen molar-refractivity contribution in [3.05, 3.63) is 53.7 Å². The van der Waals surface area contributed by atoms with E-state index in [1.54, 1.807) is 30.5 Å². The van der Waals surface area contributed by atoms with E-state index in [0.29, 0.717) is 17.8 Å². The van der Waals surface area contributed by atoms with Gasteiger partial charge in [0, 0.05) is 37.1 Å². The Morgan fingerprint density at radius 1 is 1.20 bits per heavy atom. The third-order valence-electron chi connectivity index (χ3n) is 3.75. The molecule has 0 saturated carbocycles. The predicted octanol–water partition coefficient (Wildman–Crippen LogP) is 2.27. The van der Waals surface area contributed by atoms with Crippen molar-refractivity contribution in [1.82, 2.24) is 10.3 Å². The first-order valence-electron chi connectivity index (χ1n) is 7.64. The summed E-state index contributed by atoms with van der Waals surface area (Å²) in [6.07, 6.45) is 1.80. The van der Waals surface area contributed by atoms with Crippen LogP contribution in [0.3, 0.4) is 0 Å². The van der Waals surface area contributed by atoms with Gasteiger partial charge in [-0.15, -0.1) is 24.8 Å². The van der Waals surface area contributed by atoms with Gasteiger partial charge in [0.05, 0.1) is 13.2 Å². The molecule has 1 amide bonds. The minimum Gasteiger partial charge on any atom is -0.399 e. The van der Waals surface area contributed by atoms with Gasteiger partial charge in [0.15, 0.2) is 0 Å². The number of amides is 1. The quantitative estimate of drug-likeness (QED) is 0.790. The van der Waals surface area contributed by atoms with Crippen molar-refractivity contribution < 1.29 is 9.53 Å². The Morgan fingerprint density at radius 3 is 2.60 bits per heavy atom. The van der Waals surface area contributed by atoms with Crippen LogP contribution in [0.2, 0.25) is 0 Å². The van der Waals surface area contributed by atoms with Crippen LogP contribution >= 0.6 is 24.8 Å². The van der Waals surface area contributed by atoms with Crippen LogP contribution < -0.4 is 16.0 Å². The maximum absolute atomic E-state index is 12.1. The van der Waals surface area contributed by atoms with Crippen LogP contribution in [0.5, 0.6) is 0 Å². The summed E-state index contributed by atoms with van der Waals surface area (Å²) in [5.74, 6) is 0.800. The van der Waals surface area contributed by atoms with Crippen molar-refractivity contribution in [3.8, 4) is 0 Å². The van der Waals surface area contributed by atoms with Crippen LogP contribution in [0.4, 0.5) is 11.5 Å². The number of nitrogens with one attached hydrogen (secondary N) is 1. The van der Waals surface area contributed by atoms with E-state index in [1.165, 1.54) is 0 Å². The van der Waals surface area contributed by atoms with Crippen LogP contribution in [0.15, 0.2) is 42.6 Å². The van der Waals surface area contributed by atoms with Gasteiger partial charge in [0.2, 0.25) is 0 Å². The Bertz CT molecular complexity index is 677. The summed E-state index contributed by atoms with van der Waals surface area (Å²) >= 11 is 0. The lowest BCUT2D eigenvalue weighted by molar-refractivity contribution is 0.0951. The minimum atomic E-state index is -0.144. The molecule has 0 bridgehead atoms. The zero-order chi connectivity index (χ0) is 16.1. The molecule has 0 atom stereocenters. The first-order valence-corrected chi connectivity index (χ1v) is 7.64. The molecule has 0 spiro atoms. The summed E-state index contributed by atoms with van der Waals surface area (Å²) in [6, 6.07) is 10.9. The van der Waals surface area contributed by atoms with E-state index in [1.807, 2.05) is 12.1 Å². The van der Waals surface area contributed by atoms with Crippen LogP contribution in [0.1, 0.15) is 15.9 Å². The maximum atomic E-state index is 12.1. The number of nitrogens with two attached hydrogens (primary N) is 1. The molecule has 25 heavy (non-hydrogen) atoms. The molecule has 3 N–H and O–H groups in total. The second-order valence-corrected chi connectivity index (χ2v) is 5.43. The number of nitrogen functional groups attached to an aromatic ring is 1. The molecule has 1 aromatic heterocycles. The highest BCUT2D eigenvalue weighted by molar-refractivity contribution is 5.94. The number of benzene rings is 1. The summed E-state index contributed by atoms with van der Waals surface area (Å²) in [5, 5.41) is 2.87. The molecule has 0 aliphatic carbocycles. The second-order valence-electron chi connectivity index (χ2n) is 5.43. The highest BCUT2D eigenvalue weighted by Gasteiger charge is 2.12. The van der Waals surface area contributed by atoms with Gasteiger partial charge in [-0.2, -0.15) is 0 Å². The van der Waals surface area contributed by atoms with Gasteiger partial charge in [0.25, 0.3) is 5.91 Å². The van der Waals surface area contributed by atoms with Crippen LogP contribution in [0, 0.1) is 0 Å². The number of hydrogen-bond acceptors (Lipinski definition) is 5. The molecule has 1 aromatic carbocycles. The minimum absolute atomic E-state index is 0. The number of aromatic nitrogens is 1. The lowest BCUT2D eigenvalue weighted by atomic mass is 10.2. The first kappa shape index (κ1) is 21.0. The number of ether oxygens (including phenoxy) is 1. The van der Waals surface area contributed by atoms with Crippen molar-refractivity contribution in [3.63, 3.8) is 0 Å².